The number of hydrogen-bond acceptors (Lipinski definition) is 2. The molecule has 1 aromatic carbocycles. The van der Waals surface area contributed by atoms with Crippen LogP contribution in [-0.2, 0) is 9.84 Å². The van der Waals surface area contributed by atoms with E-state index in [1.807, 2.05) is 32.9 Å². The van der Waals surface area contributed by atoms with Gasteiger partial charge < -0.3 is 0 Å². The van der Waals surface area contributed by atoms with Crippen LogP contribution in [0.25, 0.3) is 0 Å². The number of aryl methyl sites for hydroxylation is 1. The average Bonchev–Trinajstić information content (AvgIpc) is 2.29. The summed E-state index contributed by atoms with van der Waals surface area (Å²) in [6.07, 6.45) is 1.30. The van der Waals surface area contributed by atoms with E-state index in [4.69, 9.17) is 0 Å². The highest BCUT2D eigenvalue weighted by atomic mass is 127. The summed E-state index contributed by atoms with van der Waals surface area (Å²) in [6, 6.07) is 7.03. The van der Waals surface area contributed by atoms with Gasteiger partial charge in [-0.3, -0.25) is 0 Å². The van der Waals surface area contributed by atoms with Crippen molar-refractivity contribution < 1.29 is 8.42 Å². The summed E-state index contributed by atoms with van der Waals surface area (Å²) in [6.45, 7) is 5.81. The minimum Gasteiger partial charge on any atom is -0.219 e. The van der Waals surface area contributed by atoms with E-state index in [9.17, 15) is 8.42 Å². The number of benzene rings is 1. The summed E-state index contributed by atoms with van der Waals surface area (Å²) < 4.78 is 25.7. The maximum absolute atomic E-state index is 12.4. The van der Waals surface area contributed by atoms with Crippen LogP contribution in [0.3, 0.4) is 0 Å². The maximum atomic E-state index is 12.4. The first kappa shape index (κ1) is 14.7. The fourth-order valence-corrected chi connectivity index (χ4v) is 4.43. The van der Waals surface area contributed by atoms with Crippen molar-refractivity contribution in [1.29, 1.82) is 0 Å². The first-order valence-electron chi connectivity index (χ1n) is 5.62. The molecule has 0 radical (unpaired) electrons. The van der Waals surface area contributed by atoms with Crippen molar-refractivity contribution in [2.75, 3.05) is 0 Å². The molecule has 0 aliphatic heterocycles. The molecule has 0 amide bonds. The zero-order valence-corrected chi connectivity index (χ0v) is 13.3. The van der Waals surface area contributed by atoms with Gasteiger partial charge in [-0.15, -0.1) is 0 Å². The van der Waals surface area contributed by atoms with Crippen LogP contribution >= 0.6 is 22.6 Å². The van der Waals surface area contributed by atoms with E-state index in [-0.39, 0.29) is 0 Å². The summed E-state index contributed by atoms with van der Waals surface area (Å²) in [4.78, 5) is 0.937. The van der Waals surface area contributed by atoms with Gasteiger partial charge in [0.1, 0.15) is 0 Å². The standard InChI is InChI=1S/C13H17IO2S/c1-4-12(14)13(5-2)17(15,16)11-8-6-10(3)7-9-11/h6-9H,4-5H2,1-3H3/b13-12-. The van der Waals surface area contributed by atoms with E-state index in [0.717, 1.165) is 15.6 Å². The Balaban J connectivity index is 3.33. The van der Waals surface area contributed by atoms with Gasteiger partial charge >= 0.3 is 0 Å². The van der Waals surface area contributed by atoms with Crippen LogP contribution in [0, 0.1) is 6.92 Å². The Labute approximate surface area is 117 Å². The van der Waals surface area contributed by atoms with Gasteiger partial charge in [0, 0.05) is 3.58 Å². The largest absolute Gasteiger partial charge is 0.219 e. The van der Waals surface area contributed by atoms with Gasteiger partial charge in [-0.1, -0.05) is 31.5 Å². The molecule has 0 unspecified atom stereocenters. The predicted molar refractivity (Wildman–Crippen MR) is 80.0 cm³/mol. The molecule has 1 aromatic rings. The first-order valence-corrected chi connectivity index (χ1v) is 8.19. The van der Waals surface area contributed by atoms with E-state index in [1.165, 1.54) is 0 Å². The first-order chi connectivity index (χ1) is 7.93. The number of halogens is 1. The van der Waals surface area contributed by atoms with Crippen LogP contribution in [0.5, 0.6) is 0 Å². The molecule has 0 aromatic heterocycles. The summed E-state index contributed by atoms with van der Waals surface area (Å²) >= 11 is 2.13. The molecule has 0 atom stereocenters. The molecule has 0 aliphatic carbocycles. The third kappa shape index (κ3) is 3.31. The molecule has 94 valence electrons. The molecule has 17 heavy (non-hydrogen) atoms. The SMILES string of the molecule is CC/C(I)=C(\CC)S(=O)(=O)c1ccc(C)cc1. The Bertz CT molecular complexity index is 513. The second-order valence-electron chi connectivity index (χ2n) is 3.85. The van der Waals surface area contributed by atoms with Gasteiger partial charge in [-0.05, 0) is 54.5 Å². The molecule has 1 rings (SSSR count). The number of hydrogen-bond donors (Lipinski definition) is 0. The summed E-state index contributed by atoms with van der Waals surface area (Å²) in [5.74, 6) is 0. The summed E-state index contributed by atoms with van der Waals surface area (Å²) in [7, 11) is -3.31. The maximum Gasteiger partial charge on any atom is 0.203 e. The van der Waals surface area contributed by atoms with Crippen LogP contribution in [0.1, 0.15) is 32.3 Å². The normalized spacial score (nSPS) is 13.4. The van der Waals surface area contributed by atoms with Crippen molar-refractivity contribution in [2.24, 2.45) is 0 Å². The van der Waals surface area contributed by atoms with Crippen LogP contribution in [-0.4, -0.2) is 8.42 Å². The molecule has 0 saturated carbocycles. The van der Waals surface area contributed by atoms with Crippen molar-refractivity contribution in [3.63, 3.8) is 0 Å². The lowest BCUT2D eigenvalue weighted by Gasteiger charge is -2.10. The van der Waals surface area contributed by atoms with Gasteiger partial charge in [0.25, 0.3) is 0 Å². The Hall–Kier alpha value is -0.360. The summed E-state index contributed by atoms with van der Waals surface area (Å²) in [5.41, 5.74) is 1.07. The molecule has 0 saturated heterocycles. The highest BCUT2D eigenvalue weighted by molar-refractivity contribution is 14.1. The molecule has 0 fully saturated rings. The fourth-order valence-electron chi connectivity index (χ4n) is 1.58. The van der Waals surface area contributed by atoms with Crippen molar-refractivity contribution in [3.8, 4) is 0 Å². The molecular formula is C13H17IO2S. The zero-order chi connectivity index (χ0) is 13.1. The second-order valence-corrected chi connectivity index (χ2v) is 7.12. The van der Waals surface area contributed by atoms with Gasteiger partial charge in [0.15, 0.2) is 0 Å². The Morgan fingerprint density at radius 1 is 1.12 bits per heavy atom. The van der Waals surface area contributed by atoms with Crippen molar-refractivity contribution in [2.45, 2.75) is 38.5 Å². The van der Waals surface area contributed by atoms with Gasteiger partial charge in [0.05, 0.1) is 9.80 Å². The lowest BCUT2D eigenvalue weighted by atomic mass is 10.2. The fraction of sp³-hybridized carbons (Fsp3) is 0.385. The molecule has 0 N–H and O–H groups in total. The van der Waals surface area contributed by atoms with Crippen LogP contribution in [0.15, 0.2) is 37.6 Å². The monoisotopic (exact) mass is 364 g/mol. The topological polar surface area (TPSA) is 34.1 Å². The third-order valence-corrected chi connectivity index (χ3v) is 6.45. The Morgan fingerprint density at radius 2 is 1.65 bits per heavy atom. The Kier molecular flexibility index (Phi) is 5.19. The van der Waals surface area contributed by atoms with Crippen LogP contribution in [0.4, 0.5) is 0 Å². The zero-order valence-electron chi connectivity index (χ0n) is 10.3. The van der Waals surface area contributed by atoms with E-state index >= 15 is 0 Å². The van der Waals surface area contributed by atoms with Crippen molar-refractivity contribution in [3.05, 3.63) is 38.3 Å². The van der Waals surface area contributed by atoms with Gasteiger partial charge in [-0.25, -0.2) is 8.42 Å². The molecule has 0 aliphatic rings. The average molecular weight is 364 g/mol. The lowest BCUT2D eigenvalue weighted by Crippen LogP contribution is -2.05. The third-order valence-electron chi connectivity index (χ3n) is 2.59. The molecule has 0 bridgehead atoms. The second kappa shape index (κ2) is 6.00. The van der Waals surface area contributed by atoms with E-state index in [2.05, 4.69) is 22.6 Å². The Morgan fingerprint density at radius 3 is 2.06 bits per heavy atom. The molecule has 2 nitrogen and oxygen atoms in total. The molecule has 0 heterocycles. The van der Waals surface area contributed by atoms with Crippen molar-refractivity contribution in [1.82, 2.24) is 0 Å². The van der Waals surface area contributed by atoms with Crippen molar-refractivity contribution >= 4 is 32.4 Å². The van der Waals surface area contributed by atoms with Gasteiger partial charge in [0.2, 0.25) is 9.84 Å². The van der Waals surface area contributed by atoms with Crippen LogP contribution < -0.4 is 0 Å². The minimum absolute atomic E-state index is 0.391. The van der Waals surface area contributed by atoms with Gasteiger partial charge in [-0.2, -0.15) is 0 Å². The van der Waals surface area contributed by atoms with Crippen LogP contribution in [0.2, 0.25) is 0 Å². The number of allylic oxidation sites excluding steroid dienone is 2. The number of rotatable bonds is 4. The van der Waals surface area contributed by atoms with E-state index in [1.54, 1.807) is 12.1 Å². The molecule has 0 spiro atoms. The quantitative estimate of drug-likeness (QED) is 0.749. The van der Waals surface area contributed by atoms with E-state index in [0.29, 0.717) is 16.2 Å². The lowest BCUT2D eigenvalue weighted by molar-refractivity contribution is 0.600. The van der Waals surface area contributed by atoms with E-state index < -0.39 is 9.84 Å². The highest BCUT2D eigenvalue weighted by Crippen LogP contribution is 2.29. The molecule has 4 heteroatoms. The predicted octanol–water partition coefficient (Wildman–Crippen LogP) is 4.24. The minimum atomic E-state index is -3.31. The molecular weight excluding hydrogens is 347 g/mol. The highest BCUT2D eigenvalue weighted by Gasteiger charge is 2.21. The smallest absolute Gasteiger partial charge is 0.203 e. The number of sulfone groups is 1. The summed E-state index contributed by atoms with van der Waals surface area (Å²) in [5, 5.41) is 0.